The van der Waals surface area contributed by atoms with Gasteiger partial charge < -0.3 is 20.7 Å². The summed E-state index contributed by atoms with van der Waals surface area (Å²) < 4.78 is 5.45. The van der Waals surface area contributed by atoms with Crippen molar-refractivity contribution in [1.82, 2.24) is 20.9 Å². The summed E-state index contributed by atoms with van der Waals surface area (Å²) in [5, 5.41) is 7.78. The van der Waals surface area contributed by atoms with Gasteiger partial charge in [-0.1, -0.05) is 12.2 Å². The molecule has 2 rings (SSSR count). The van der Waals surface area contributed by atoms with Crippen LogP contribution in [0.1, 0.15) is 42.9 Å². The van der Waals surface area contributed by atoms with Crippen LogP contribution in [0.2, 0.25) is 0 Å². The maximum Gasteiger partial charge on any atom is 0.328 e. The van der Waals surface area contributed by atoms with Gasteiger partial charge in [-0.25, -0.2) is 9.78 Å². The second-order valence-corrected chi connectivity index (χ2v) is 8.46. The molecule has 1 aliphatic heterocycles. The lowest BCUT2D eigenvalue weighted by atomic mass is 10.2. The van der Waals surface area contributed by atoms with E-state index in [1.54, 1.807) is 31.2 Å². The van der Waals surface area contributed by atoms with Gasteiger partial charge in [0.05, 0.1) is 18.7 Å². The Morgan fingerprint density at radius 2 is 2.00 bits per heavy atom. The van der Waals surface area contributed by atoms with E-state index >= 15 is 0 Å². The first kappa shape index (κ1) is 26.5. The summed E-state index contributed by atoms with van der Waals surface area (Å²) in [6.07, 6.45) is 6.42. The number of carbonyl (C=O) groups is 4. The zero-order valence-electron chi connectivity index (χ0n) is 18.7. The van der Waals surface area contributed by atoms with Crippen LogP contribution < -0.4 is 16.0 Å². The highest BCUT2D eigenvalue weighted by molar-refractivity contribution is 7.98. The lowest BCUT2D eigenvalue weighted by Gasteiger charge is -2.20. The normalized spacial score (nSPS) is 22.0. The molecule has 0 aliphatic carbocycles. The van der Waals surface area contributed by atoms with E-state index in [1.165, 1.54) is 24.8 Å². The molecule has 2 atom stereocenters. The molecule has 1 aliphatic rings. The van der Waals surface area contributed by atoms with Crippen LogP contribution in [0.25, 0.3) is 0 Å². The van der Waals surface area contributed by atoms with Crippen molar-refractivity contribution in [3.8, 4) is 0 Å². The number of amides is 3. The highest BCUT2D eigenvalue weighted by Crippen LogP contribution is 2.17. The van der Waals surface area contributed by atoms with Crippen LogP contribution in [-0.4, -0.2) is 52.8 Å². The Morgan fingerprint density at radius 1 is 1.24 bits per heavy atom. The molecule has 0 radical (unpaired) electrons. The Bertz CT molecular complexity index is 964. The van der Waals surface area contributed by atoms with Gasteiger partial charge in [0.25, 0.3) is 11.8 Å². The van der Waals surface area contributed by atoms with Gasteiger partial charge in [-0.2, -0.15) is 12.6 Å². The van der Waals surface area contributed by atoms with Crippen LogP contribution in [0.3, 0.4) is 0 Å². The van der Waals surface area contributed by atoms with Crippen LogP contribution in [-0.2, 0) is 25.7 Å². The number of nitrogens with zero attached hydrogens (tertiary/aromatic N) is 1. The molecular weight excluding hydrogens is 464 g/mol. The highest BCUT2D eigenvalue weighted by Gasteiger charge is 2.24. The number of hydrogen-bond donors (Lipinski definition) is 4. The molecule has 2 heterocycles. The minimum Gasteiger partial charge on any atom is -0.456 e. The summed E-state index contributed by atoms with van der Waals surface area (Å²) in [7, 11) is 0. The minimum atomic E-state index is -1.01. The van der Waals surface area contributed by atoms with Gasteiger partial charge in [0.15, 0.2) is 0 Å². The number of aromatic nitrogens is 1. The third-order valence-corrected chi connectivity index (χ3v) is 5.54. The number of thioether (sulfide) groups is 1. The molecule has 3 N–H and O–H groups in total. The fraction of sp³-hybridized carbons (Fsp3) is 0.409. The van der Waals surface area contributed by atoms with Gasteiger partial charge in [0.2, 0.25) is 5.91 Å². The van der Waals surface area contributed by atoms with Crippen molar-refractivity contribution in [1.29, 1.82) is 0 Å². The summed E-state index contributed by atoms with van der Waals surface area (Å²) in [5.41, 5.74) is 0.556. The van der Waals surface area contributed by atoms with E-state index in [1.807, 2.05) is 6.26 Å². The second-order valence-electron chi connectivity index (χ2n) is 7.13. The molecular formula is C22H28N4O5S2. The first-order valence-electron chi connectivity index (χ1n) is 10.4. The summed E-state index contributed by atoms with van der Waals surface area (Å²) in [5.74, 6) is -1.69. The zero-order chi connectivity index (χ0) is 24.4. The van der Waals surface area contributed by atoms with E-state index in [2.05, 4.69) is 33.6 Å². The molecule has 0 saturated carbocycles. The van der Waals surface area contributed by atoms with Crippen molar-refractivity contribution < 1.29 is 23.9 Å². The van der Waals surface area contributed by atoms with Gasteiger partial charge in [0.1, 0.15) is 23.5 Å². The van der Waals surface area contributed by atoms with Crippen molar-refractivity contribution in [2.75, 3.05) is 12.0 Å². The van der Waals surface area contributed by atoms with Crippen LogP contribution >= 0.6 is 24.4 Å². The third-order valence-electron chi connectivity index (χ3n) is 4.57. The lowest BCUT2D eigenvalue weighted by Crippen LogP contribution is -2.44. The second kappa shape index (κ2) is 13.0. The molecule has 1 aromatic rings. The van der Waals surface area contributed by atoms with E-state index in [0.717, 1.165) is 4.90 Å². The van der Waals surface area contributed by atoms with Crippen LogP contribution in [0.4, 0.5) is 0 Å². The largest absolute Gasteiger partial charge is 0.456 e. The van der Waals surface area contributed by atoms with Crippen molar-refractivity contribution in [2.24, 2.45) is 0 Å². The molecule has 2 bridgehead atoms. The van der Waals surface area contributed by atoms with Gasteiger partial charge >= 0.3 is 5.97 Å². The van der Waals surface area contributed by atoms with E-state index < -0.39 is 29.9 Å². The molecule has 0 saturated heterocycles. The fourth-order valence-corrected chi connectivity index (χ4v) is 3.46. The Hall–Kier alpha value is -2.79. The number of cyclic esters (lactones) is 1. The Morgan fingerprint density at radius 3 is 2.67 bits per heavy atom. The quantitative estimate of drug-likeness (QED) is 0.166. The molecule has 9 nitrogen and oxygen atoms in total. The molecule has 1 aromatic heterocycles. The number of ether oxygens (including phenoxy) is 1. The predicted molar refractivity (Wildman–Crippen MR) is 129 cm³/mol. The summed E-state index contributed by atoms with van der Waals surface area (Å²) >= 11 is 5.56. The Balaban J connectivity index is 2.39. The molecule has 33 heavy (non-hydrogen) atoms. The molecule has 0 aromatic carbocycles. The van der Waals surface area contributed by atoms with Crippen molar-refractivity contribution in [2.45, 2.75) is 50.3 Å². The van der Waals surface area contributed by atoms with Crippen LogP contribution in [0.5, 0.6) is 0 Å². The van der Waals surface area contributed by atoms with E-state index in [0.29, 0.717) is 17.9 Å². The third kappa shape index (κ3) is 8.25. The van der Waals surface area contributed by atoms with Gasteiger partial charge in [0, 0.05) is 4.90 Å². The van der Waals surface area contributed by atoms with Crippen LogP contribution in [0.15, 0.2) is 41.0 Å². The maximum absolute atomic E-state index is 12.7. The monoisotopic (exact) mass is 492 g/mol. The first-order valence-corrected chi connectivity index (χ1v) is 12.2. The standard InChI is InChI=1S/C22H28N4O5S2/c1-4-17-20(28)24-13(2)22(30)31-15(7-5-6-8-32)10-19(27)23-12-14-9-16(33-3)11-18(25-14)21(29)26-17/h4-5,7,9,11,13,15,32H,6,8,10,12H2,1-3H3,(H,23,27)(H,24,28)(H,26,29)/b7-5+,17-4-/t13-,15+/m0/s1. The predicted octanol–water partition coefficient (Wildman–Crippen LogP) is 1.75. The molecule has 0 unspecified atom stereocenters. The van der Waals surface area contributed by atoms with Crippen molar-refractivity contribution >= 4 is 48.1 Å². The van der Waals surface area contributed by atoms with E-state index in [9.17, 15) is 19.2 Å². The maximum atomic E-state index is 12.7. The van der Waals surface area contributed by atoms with E-state index in [-0.39, 0.29) is 30.3 Å². The minimum absolute atomic E-state index is 0.0248. The summed E-state index contributed by atoms with van der Waals surface area (Å²) in [4.78, 5) is 55.5. The van der Waals surface area contributed by atoms with Gasteiger partial charge in [-0.3, -0.25) is 14.4 Å². The average Bonchev–Trinajstić information content (AvgIpc) is 2.80. The molecule has 11 heteroatoms. The first-order chi connectivity index (χ1) is 15.8. The SMILES string of the molecule is C/C=C1\NC(=O)c2cc(SC)cc(n2)CNC(=O)C[C@@H](/C=C/CCS)OC(=O)[C@H](C)NC1=O. The van der Waals surface area contributed by atoms with Gasteiger partial charge in [-0.05, 0) is 50.5 Å². The number of carbonyl (C=O) groups excluding carboxylic acids is 4. The summed E-state index contributed by atoms with van der Waals surface area (Å²) in [6.45, 7) is 3.14. The molecule has 178 valence electrons. The zero-order valence-corrected chi connectivity index (χ0v) is 20.4. The Labute approximate surface area is 202 Å². The lowest BCUT2D eigenvalue weighted by molar-refractivity contribution is -0.151. The number of allylic oxidation sites excluding steroid dienone is 2. The van der Waals surface area contributed by atoms with Crippen molar-refractivity contribution in [3.63, 3.8) is 0 Å². The smallest absolute Gasteiger partial charge is 0.328 e. The number of pyridine rings is 1. The van der Waals surface area contributed by atoms with E-state index in [4.69, 9.17) is 4.74 Å². The topological polar surface area (TPSA) is 126 Å². The number of rotatable bonds is 4. The number of hydrogen-bond acceptors (Lipinski definition) is 8. The molecule has 0 fully saturated rings. The number of thiol groups is 1. The average molecular weight is 493 g/mol. The Kier molecular flexibility index (Phi) is 10.5. The number of fused-ring (bicyclic) bond motifs is 2. The van der Waals surface area contributed by atoms with Crippen LogP contribution in [0, 0.1) is 0 Å². The number of nitrogens with one attached hydrogen (secondary N) is 3. The van der Waals surface area contributed by atoms with Crippen molar-refractivity contribution in [3.05, 3.63) is 47.4 Å². The van der Waals surface area contributed by atoms with Gasteiger partial charge in [-0.15, -0.1) is 11.8 Å². The summed E-state index contributed by atoms with van der Waals surface area (Å²) in [6, 6.07) is 2.35. The fourth-order valence-electron chi connectivity index (χ4n) is 2.83. The molecule has 0 spiro atoms. The highest BCUT2D eigenvalue weighted by atomic mass is 32.2. The molecule has 3 amide bonds. The number of esters is 1.